The molecule has 2 N–H and O–H groups in total. The van der Waals surface area contributed by atoms with Gasteiger partial charge in [0.1, 0.15) is 10.8 Å². The molecular formula is C12H11FN2S. The van der Waals surface area contributed by atoms with Crippen LogP contribution in [-0.2, 0) is 5.41 Å². The quantitative estimate of drug-likeness (QED) is 0.823. The summed E-state index contributed by atoms with van der Waals surface area (Å²) in [5.74, 6) is -0.185. The van der Waals surface area contributed by atoms with Crippen LogP contribution in [0.4, 0.5) is 4.39 Å². The number of halogens is 1. The predicted octanol–water partition coefficient (Wildman–Crippen LogP) is 2.57. The summed E-state index contributed by atoms with van der Waals surface area (Å²) in [4.78, 5) is 4.61. The highest BCUT2D eigenvalue weighted by Crippen LogP contribution is 2.67. The molecule has 0 aliphatic heterocycles. The first kappa shape index (κ1) is 9.07. The summed E-state index contributed by atoms with van der Waals surface area (Å²) in [5, 5.41) is 1.15. The van der Waals surface area contributed by atoms with Gasteiger partial charge in [-0.15, -0.1) is 11.3 Å². The third kappa shape index (κ3) is 0.967. The third-order valence-electron chi connectivity index (χ3n) is 3.88. The van der Waals surface area contributed by atoms with Crippen LogP contribution in [0.25, 0.3) is 10.2 Å². The van der Waals surface area contributed by atoms with Crippen LogP contribution in [0.1, 0.15) is 24.3 Å². The van der Waals surface area contributed by atoms with Crippen molar-refractivity contribution >= 4 is 21.6 Å². The molecule has 4 heteroatoms. The maximum atomic E-state index is 13.1. The summed E-state index contributed by atoms with van der Waals surface area (Å²) in [7, 11) is 0. The van der Waals surface area contributed by atoms with Crippen LogP contribution in [0.2, 0.25) is 0 Å². The molecule has 0 spiro atoms. The average Bonchev–Trinajstić information content (AvgIpc) is 2.53. The van der Waals surface area contributed by atoms with E-state index in [-0.39, 0.29) is 16.8 Å². The number of aromatic nitrogens is 1. The predicted molar refractivity (Wildman–Crippen MR) is 62.0 cm³/mol. The lowest BCUT2D eigenvalue weighted by Crippen LogP contribution is -2.74. The number of benzene rings is 1. The van der Waals surface area contributed by atoms with Gasteiger partial charge in [-0.05, 0) is 37.5 Å². The van der Waals surface area contributed by atoms with Crippen molar-refractivity contribution < 1.29 is 4.39 Å². The molecule has 0 radical (unpaired) electrons. The van der Waals surface area contributed by atoms with Crippen molar-refractivity contribution in [3.8, 4) is 0 Å². The minimum Gasteiger partial charge on any atom is -0.325 e. The zero-order chi connectivity index (χ0) is 11.0. The van der Waals surface area contributed by atoms with Crippen LogP contribution in [-0.4, -0.2) is 10.5 Å². The Balaban J connectivity index is 1.82. The Labute approximate surface area is 96.3 Å². The molecule has 3 fully saturated rings. The molecule has 0 saturated heterocycles. The largest absolute Gasteiger partial charge is 0.325 e. The van der Waals surface area contributed by atoms with Gasteiger partial charge in [0, 0.05) is 11.0 Å². The van der Waals surface area contributed by atoms with E-state index in [1.54, 1.807) is 23.5 Å². The van der Waals surface area contributed by atoms with Gasteiger partial charge < -0.3 is 5.73 Å². The second-order valence-corrected chi connectivity index (χ2v) is 6.33. The molecule has 2 aromatic rings. The number of hydrogen-bond donors (Lipinski definition) is 1. The second-order valence-electron chi connectivity index (χ2n) is 5.30. The third-order valence-corrected chi connectivity index (χ3v) is 5.14. The zero-order valence-electron chi connectivity index (χ0n) is 8.66. The maximum Gasteiger partial charge on any atom is 0.124 e. The number of rotatable bonds is 1. The van der Waals surface area contributed by atoms with E-state index < -0.39 is 0 Å². The molecule has 0 unspecified atom stereocenters. The summed E-state index contributed by atoms with van der Waals surface area (Å²) in [6.07, 6.45) is 3.17. The molecule has 0 atom stereocenters. The van der Waals surface area contributed by atoms with Crippen LogP contribution in [0.3, 0.4) is 0 Å². The normalized spacial score (nSPS) is 35.9. The molecule has 2 nitrogen and oxygen atoms in total. The van der Waals surface area contributed by atoms with E-state index in [1.165, 1.54) is 6.07 Å². The molecule has 82 valence electrons. The van der Waals surface area contributed by atoms with Crippen LogP contribution >= 0.6 is 11.3 Å². The molecule has 3 aliphatic rings. The number of hydrogen-bond acceptors (Lipinski definition) is 3. The van der Waals surface area contributed by atoms with Gasteiger partial charge in [0.25, 0.3) is 0 Å². The fraction of sp³-hybridized carbons (Fsp3) is 0.417. The monoisotopic (exact) mass is 234 g/mol. The Morgan fingerprint density at radius 1 is 1.31 bits per heavy atom. The Morgan fingerprint density at radius 2 is 2.06 bits per heavy atom. The van der Waals surface area contributed by atoms with Gasteiger partial charge >= 0.3 is 0 Å². The van der Waals surface area contributed by atoms with E-state index in [4.69, 9.17) is 5.73 Å². The first-order valence-electron chi connectivity index (χ1n) is 5.44. The Bertz CT molecular complexity index is 584. The van der Waals surface area contributed by atoms with Crippen molar-refractivity contribution in [1.82, 2.24) is 4.98 Å². The molecular weight excluding hydrogens is 223 g/mol. The lowest BCUT2D eigenvalue weighted by Gasteiger charge is -2.68. The zero-order valence-corrected chi connectivity index (χ0v) is 9.48. The molecule has 1 aromatic heterocycles. The van der Waals surface area contributed by atoms with Crippen molar-refractivity contribution in [2.24, 2.45) is 5.73 Å². The summed E-state index contributed by atoms with van der Waals surface area (Å²) in [6, 6.07) is 4.80. The maximum absolute atomic E-state index is 13.1. The van der Waals surface area contributed by atoms with E-state index >= 15 is 0 Å². The Hall–Kier alpha value is -1.000. The van der Waals surface area contributed by atoms with E-state index in [1.807, 2.05) is 0 Å². The minimum atomic E-state index is -0.185. The summed E-state index contributed by atoms with van der Waals surface area (Å²) in [5.41, 5.74) is 7.30. The van der Waals surface area contributed by atoms with Crippen molar-refractivity contribution in [1.29, 1.82) is 0 Å². The topological polar surface area (TPSA) is 38.9 Å². The molecule has 3 saturated carbocycles. The van der Waals surface area contributed by atoms with E-state index in [0.717, 1.165) is 34.5 Å². The first-order chi connectivity index (χ1) is 7.59. The van der Waals surface area contributed by atoms with Gasteiger partial charge in [-0.3, -0.25) is 0 Å². The number of nitrogens with zero attached hydrogens (tertiary/aromatic N) is 1. The van der Waals surface area contributed by atoms with Gasteiger partial charge in [-0.2, -0.15) is 0 Å². The van der Waals surface area contributed by atoms with Crippen molar-refractivity contribution in [3.05, 3.63) is 29.0 Å². The van der Waals surface area contributed by atoms with Crippen molar-refractivity contribution in [3.63, 3.8) is 0 Å². The highest BCUT2D eigenvalue weighted by atomic mass is 32.1. The van der Waals surface area contributed by atoms with Crippen LogP contribution < -0.4 is 5.73 Å². The molecule has 3 aliphatic carbocycles. The molecule has 1 heterocycles. The Morgan fingerprint density at radius 3 is 2.75 bits per heavy atom. The number of fused-ring (bicyclic) bond motifs is 1. The standard InChI is InChI=1S/C12H11FN2S/c13-7-1-2-8-9(3-7)16-10(15-8)11-4-12(14,5-11)6-11/h1-3H,4-6,14H2. The number of nitrogens with two attached hydrogens (primary N) is 1. The van der Waals surface area contributed by atoms with Gasteiger partial charge in [0.2, 0.25) is 0 Å². The van der Waals surface area contributed by atoms with Crippen LogP contribution in [0, 0.1) is 5.82 Å². The van der Waals surface area contributed by atoms with Gasteiger partial charge in [-0.25, -0.2) is 9.37 Å². The van der Waals surface area contributed by atoms with E-state index in [0.29, 0.717) is 0 Å². The summed E-state index contributed by atoms with van der Waals surface area (Å²) in [6.45, 7) is 0. The van der Waals surface area contributed by atoms with Crippen molar-refractivity contribution in [2.45, 2.75) is 30.2 Å². The van der Waals surface area contributed by atoms with Gasteiger partial charge in [0.05, 0.1) is 10.2 Å². The summed E-state index contributed by atoms with van der Waals surface area (Å²) < 4.78 is 14.0. The van der Waals surface area contributed by atoms with Crippen LogP contribution in [0.15, 0.2) is 18.2 Å². The molecule has 1 aromatic carbocycles. The highest BCUT2D eigenvalue weighted by Gasteiger charge is 2.67. The minimum absolute atomic E-state index is 0.100. The summed E-state index contributed by atoms with van der Waals surface area (Å²) >= 11 is 1.62. The first-order valence-corrected chi connectivity index (χ1v) is 6.26. The molecule has 0 amide bonds. The SMILES string of the molecule is NC12CC(c3nc4ccc(F)cc4s3)(C1)C2. The fourth-order valence-corrected chi connectivity index (χ4v) is 4.39. The molecule has 5 rings (SSSR count). The lowest BCUT2D eigenvalue weighted by atomic mass is 9.40. The number of thiazole rings is 1. The molecule has 16 heavy (non-hydrogen) atoms. The smallest absolute Gasteiger partial charge is 0.124 e. The fourth-order valence-electron chi connectivity index (χ4n) is 3.22. The van der Waals surface area contributed by atoms with Crippen molar-refractivity contribution in [2.75, 3.05) is 0 Å². The lowest BCUT2D eigenvalue weighted by molar-refractivity contribution is -0.0589. The van der Waals surface area contributed by atoms with E-state index in [2.05, 4.69) is 4.98 Å². The average molecular weight is 234 g/mol. The Kier molecular flexibility index (Phi) is 1.40. The van der Waals surface area contributed by atoms with E-state index in [9.17, 15) is 4.39 Å². The highest BCUT2D eigenvalue weighted by molar-refractivity contribution is 7.18. The van der Waals surface area contributed by atoms with Crippen LogP contribution in [0.5, 0.6) is 0 Å². The van der Waals surface area contributed by atoms with Gasteiger partial charge in [0.15, 0.2) is 0 Å². The van der Waals surface area contributed by atoms with Gasteiger partial charge in [-0.1, -0.05) is 0 Å². The second kappa shape index (κ2) is 2.46. The molecule has 2 bridgehead atoms.